The highest BCUT2D eigenvalue weighted by atomic mass is 16.5. The molecule has 0 unspecified atom stereocenters. The van der Waals surface area contributed by atoms with Crippen LogP contribution in [0.2, 0.25) is 0 Å². The summed E-state index contributed by atoms with van der Waals surface area (Å²) >= 11 is 0. The van der Waals surface area contributed by atoms with Crippen LogP contribution in [0, 0.1) is 11.8 Å². The summed E-state index contributed by atoms with van der Waals surface area (Å²) in [5.74, 6) is 2.07. The van der Waals surface area contributed by atoms with E-state index in [-0.39, 0.29) is 17.3 Å². The largest absolute Gasteiger partial charge is 0.494 e. The number of rotatable bonds is 9. The number of ether oxygens (including phenoxy) is 1. The summed E-state index contributed by atoms with van der Waals surface area (Å²) in [6.07, 6.45) is 1.50. The lowest BCUT2D eigenvalue weighted by Gasteiger charge is -2.26. The first-order valence-electron chi connectivity index (χ1n) is 9.71. The Morgan fingerprint density at radius 1 is 1.14 bits per heavy atom. The van der Waals surface area contributed by atoms with Crippen molar-refractivity contribution in [1.82, 2.24) is 9.97 Å². The van der Waals surface area contributed by atoms with E-state index < -0.39 is 0 Å². The fourth-order valence-corrected chi connectivity index (χ4v) is 2.83. The van der Waals surface area contributed by atoms with Crippen molar-refractivity contribution < 1.29 is 9.53 Å². The molecule has 1 heterocycles. The molecule has 1 aromatic carbocycles. The van der Waals surface area contributed by atoms with Gasteiger partial charge in [0, 0.05) is 25.0 Å². The van der Waals surface area contributed by atoms with Crippen LogP contribution >= 0.6 is 0 Å². The van der Waals surface area contributed by atoms with E-state index >= 15 is 0 Å². The predicted octanol–water partition coefficient (Wildman–Crippen LogP) is 3.83. The number of hydrogen-bond donors (Lipinski definition) is 2. The number of anilines is 3. The first-order chi connectivity index (χ1) is 13.3. The fourth-order valence-electron chi connectivity index (χ4n) is 2.83. The summed E-state index contributed by atoms with van der Waals surface area (Å²) in [6, 6.07) is 7.16. The third-order valence-corrected chi connectivity index (χ3v) is 3.93. The van der Waals surface area contributed by atoms with E-state index in [1.54, 1.807) is 24.3 Å². The maximum Gasteiger partial charge on any atom is 0.260 e. The van der Waals surface area contributed by atoms with Crippen LogP contribution in [0.5, 0.6) is 5.75 Å². The molecule has 0 saturated carbocycles. The van der Waals surface area contributed by atoms with Gasteiger partial charge in [-0.25, -0.2) is 4.98 Å². The lowest BCUT2D eigenvalue weighted by molar-refractivity contribution is 0.102. The minimum atomic E-state index is -0.340. The molecule has 2 rings (SSSR count). The summed E-state index contributed by atoms with van der Waals surface area (Å²) in [5.41, 5.74) is 6.99. The lowest BCUT2D eigenvalue weighted by Crippen LogP contribution is -2.33. The van der Waals surface area contributed by atoms with Crippen LogP contribution in [0.1, 0.15) is 45.0 Å². The molecule has 1 aromatic heterocycles. The quantitative estimate of drug-likeness (QED) is 0.681. The molecule has 7 heteroatoms. The van der Waals surface area contributed by atoms with Crippen LogP contribution in [0.15, 0.2) is 30.5 Å². The van der Waals surface area contributed by atoms with Gasteiger partial charge < -0.3 is 20.7 Å². The number of carbonyl (C=O) groups excluding carboxylic acids is 1. The smallest absolute Gasteiger partial charge is 0.260 e. The number of nitrogens with zero attached hydrogens (tertiary/aromatic N) is 3. The van der Waals surface area contributed by atoms with Crippen molar-refractivity contribution in [1.29, 1.82) is 0 Å². The van der Waals surface area contributed by atoms with Gasteiger partial charge in [-0.3, -0.25) is 4.79 Å². The highest BCUT2D eigenvalue weighted by Gasteiger charge is 2.18. The molecule has 0 aliphatic heterocycles. The van der Waals surface area contributed by atoms with E-state index in [9.17, 15) is 4.79 Å². The van der Waals surface area contributed by atoms with Crippen LogP contribution in [-0.2, 0) is 0 Å². The van der Waals surface area contributed by atoms with E-state index in [0.29, 0.717) is 30.1 Å². The summed E-state index contributed by atoms with van der Waals surface area (Å²) in [6.45, 7) is 12.8. The molecule has 3 N–H and O–H groups in total. The highest BCUT2D eigenvalue weighted by Crippen LogP contribution is 2.19. The summed E-state index contributed by atoms with van der Waals surface area (Å²) in [7, 11) is 0. The standard InChI is InChI=1S/C21H31N5O2/c1-6-28-17-9-7-16(8-10-17)24-20(27)18-11-23-21(25-19(18)22)26(12-14(2)3)13-15(4)5/h7-11,14-15H,6,12-13H2,1-5H3,(H,24,27)(H2,22,23,25). The molecular weight excluding hydrogens is 354 g/mol. The second-order valence-corrected chi connectivity index (χ2v) is 7.57. The Balaban J connectivity index is 2.14. The van der Waals surface area contributed by atoms with Crippen LogP contribution in [0.3, 0.4) is 0 Å². The molecule has 0 saturated heterocycles. The number of benzene rings is 1. The van der Waals surface area contributed by atoms with Gasteiger partial charge in [0.2, 0.25) is 5.95 Å². The molecule has 0 aliphatic carbocycles. The van der Waals surface area contributed by atoms with E-state index in [2.05, 4.69) is 47.9 Å². The minimum absolute atomic E-state index is 0.172. The molecule has 2 aromatic rings. The highest BCUT2D eigenvalue weighted by molar-refractivity contribution is 6.07. The fraction of sp³-hybridized carbons (Fsp3) is 0.476. The average Bonchev–Trinajstić information content (AvgIpc) is 2.62. The van der Waals surface area contributed by atoms with E-state index in [4.69, 9.17) is 10.5 Å². The van der Waals surface area contributed by atoms with Gasteiger partial charge in [-0.1, -0.05) is 27.7 Å². The molecule has 28 heavy (non-hydrogen) atoms. The van der Waals surface area contributed by atoms with Gasteiger partial charge in [0.15, 0.2) is 0 Å². The maximum absolute atomic E-state index is 12.6. The van der Waals surface area contributed by atoms with Crippen molar-refractivity contribution >= 4 is 23.4 Å². The van der Waals surface area contributed by atoms with Crippen molar-refractivity contribution in [2.75, 3.05) is 35.6 Å². The zero-order chi connectivity index (χ0) is 20.7. The molecule has 1 amide bonds. The minimum Gasteiger partial charge on any atom is -0.494 e. The molecule has 152 valence electrons. The lowest BCUT2D eigenvalue weighted by atomic mass is 10.1. The third kappa shape index (κ3) is 6.11. The molecule has 7 nitrogen and oxygen atoms in total. The summed E-state index contributed by atoms with van der Waals surface area (Å²) < 4.78 is 5.40. The Labute approximate surface area is 167 Å². The zero-order valence-corrected chi connectivity index (χ0v) is 17.4. The molecule has 0 aliphatic rings. The van der Waals surface area contributed by atoms with Crippen molar-refractivity contribution in [3.05, 3.63) is 36.0 Å². The van der Waals surface area contributed by atoms with Gasteiger partial charge in [-0.15, -0.1) is 0 Å². The number of hydrogen-bond acceptors (Lipinski definition) is 6. The first-order valence-corrected chi connectivity index (χ1v) is 9.71. The average molecular weight is 386 g/mol. The van der Waals surface area contributed by atoms with Crippen molar-refractivity contribution in [2.24, 2.45) is 11.8 Å². The number of amides is 1. The Kier molecular flexibility index (Phi) is 7.61. The van der Waals surface area contributed by atoms with Crippen molar-refractivity contribution in [2.45, 2.75) is 34.6 Å². The van der Waals surface area contributed by atoms with Crippen LogP contribution in [0.4, 0.5) is 17.5 Å². The normalized spacial score (nSPS) is 11.0. The topological polar surface area (TPSA) is 93.4 Å². The number of nitrogen functional groups attached to an aromatic ring is 1. The molecule has 0 radical (unpaired) electrons. The maximum atomic E-state index is 12.6. The number of aromatic nitrogens is 2. The van der Waals surface area contributed by atoms with E-state index in [0.717, 1.165) is 18.8 Å². The third-order valence-electron chi connectivity index (χ3n) is 3.93. The van der Waals surface area contributed by atoms with Gasteiger partial charge in [0.1, 0.15) is 17.1 Å². The van der Waals surface area contributed by atoms with Gasteiger partial charge >= 0.3 is 0 Å². The first kappa shape index (κ1) is 21.5. The van der Waals surface area contributed by atoms with E-state index in [1.807, 2.05) is 6.92 Å². The Bertz CT molecular complexity index is 765. The van der Waals surface area contributed by atoms with E-state index in [1.165, 1.54) is 6.20 Å². The van der Waals surface area contributed by atoms with Crippen molar-refractivity contribution in [3.63, 3.8) is 0 Å². The number of carbonyl (C=O) groups is 1. The van der Waals surface area contributed by atoms with Gasteiger partial charge in [0.25, 0.3) is 5.91 Å². The zero-order valence-electron chi connectivity index (χ0n) is 17.4. The SMILES string of the molecule is CCOc1ccc(NC(=O)c2cnc(N(CC(C)C)CC(C)C)nc2N)cc1. The second kappa shape index (κ2) is 9.92. The monoisotopic (exact) mass is 385 g/mol. The Hall–Kier alpha value is -2.83. The Morgan fingerprint density at radius 2 is 1.75 bits per heavy atom. The van der Waals surface area contributed by atoms with Crippen LogP contribution < -0.4 is 20.7 Å². The van der Waals surface area contributed by atoms with Gasteiger partial charge in [-0.2, -0.15) is 4.98 Å². The molecule has 0 bridgehead atoms. The number of nitrogens with two attached hydrogens (primary N) is 1. The second-order valence-electron chi connectivity index (χ2n) is 7.57. The van der Waals surface area contributed by atoms with Crippen LogP contribution in [-0.4, -0.2) is 35.6 Å². The molecule has 0 atom stereocenters. The predicted molar refractivity (Wildman–Crippen MR) is 114 cm³/mol. The summed E-state index contributed by atoms with van der Waals surface area (Å²) in [5, 5.41) is 2.81. The Morgan fingerprint density at radius 3 is 2.25 bits per heavy atom. The molecule has 0 fully saturated rings. The van der Waals surface area contributed by atoms with Gasteiger partial charge in [0.05, 0.1) is 6.61 Å². The van der Waals surface area contributed by atoms with Crippen molar-refractivity contribution in [3.8, 4) is 5.75 Å². The van der Waals surface area contributed by atoms with Crippen LogP contribution in [0.25, 0.3) is 0 Å². The number of nitrogens with one attached hydrogen (secondary N) is 1. The molecular formula is C21H31N5O2. The van der Waals surface area contributed by atoms with Gasteiger partial charge in [-0.05, 0) is 43.0 Å². The molecule has 0 spiro atoms. The summed E-state index contributed by atoms with van der Waals surface area (Å²) in [4.78, 5) is 23.5.